The van der Waals surface area contributed by atoms with Crippen molar-refractivity contribution < 1.29 is 14.6 Å². The highest BCUT2D eigenvalue weighted by Crippen LogP contribution is 2.13. The molecule has 0 aromatic heterocycles. The minimum atomic E-state index is -0.958. The molecule has 0 saturated heterocycles. The first-order chi connectivity index (χ1) is 11.6. The van der Waals surface area contributed by atoms with Crippen LogP contribution in [0.4, 0.5) is 0 Å². The molecule has 0 aromatic rings. The molecule has 1 unspecified atom stereocenters. The fourth-order valence-corrected chi connectivity index (χ4v) is 2.80. The number of aliphatic hydroxyl groups is 1. The molecular formula is C21H40O3. The van der Waals surface area contributed by atoms with E-state index in [9.17, 15) is 9.90 Å². The van der Waals surface area contributed by atoms with Crippen LogP contribution in [-0.2, 0) is 9.53 Å². The van der Waals surface area contributed by atoms with Crippen LogP contribution >= 0.6 is 0 Å². The van der Waals surface area contributed by atoms with Crippen LogP contribution in [0.15, 0.2) is 11.6 Å². The van der Waals surface area contributed by atoms with Crippen molar-refractivity contribution in [2.75, 3.05) is 0 Å². The molecule has 0 aliphatic carbocycles. The quantitative estimate of drug-likeness (QED) is 0.155. The van der Waals surface area contributed by atoms with Gasteiger partial charge in [0.05, 0.1) is 0 Å². The maximum atomic E-state index is 11.3. The lowest BCUT2D eigenvalue weighted by Gasteiger charge is -2.10. The summed E-state index contributed by atoms with van der Waals surface area (Å²) in [6, 6.07) is 0. The van der Waals surface area contributed by atoms with Crippen LogP contribution < -0.4 is 0 Å². The molecule has 0 fully saturated rings. The van der Waals surface area contributed by atoms with Crippen LogP contribution in [0.25, 0.3) is 0 Å². The molecule has 0 aliphatic heterocycles. The van der Waals surface area contributed by atoms with E-state index in [4.69, 9.17) is 4.74 Å². The Balaban J connectivity index is 3.27. The third kappa shape index (κ3) is 17.5. The molecule has 24 heavy (non-hydrogen) atoms. The molecule has 3 heteroatoms. The van der Waals surface area contributed by atoms with Crippen LogP contribution in [0.1, 0.15) is 111 Å². The Labute approximate surface area is 149 Å². The minimum absolute atomic E-state index is 0.447. The van der Waals surface area contributed by atoms with Gasteiger partial charge in [-0.2, -0.15) is 0 Å². The van der Waals surface area contributed by atoms with Crippen molar-refractivity contribution in [3.8, 4) is 0 Å². The minimum Gasteiger partial charge on any atom is -0.433 e. The van der Waals surface area contributed by atoms with Gasteiger partial charge in [0.1, 0.15) is 0 Å². The largest absolute Gasteiger partial charge is 0.433 e. The van der Waals surface area contributed by atoms with Gasteiger partial charge in [-0.25, -0.2) is 4.79 Å². The predicted octanol–water partition coefficient (Wildman–Crippen LogP) is 6.30. The zero-order valence-corrected chi connectivity index (χ0v) is 16.3. The number of carbonyl (C=O) groups is 1. The molecule has 3 nitrogen and oxygen atoms in total. The molecule has 0 amide bonds. The van der Waals surface area contributed by atoms with E-state index in [-0.39, 0.29) is 0 Å². The molecule has 0 aromatic carbocycles. The number of hydrogen-bond acceptors (Lipinski definition) is 3. The first kappa shape index (κ1) is 23.2. The number of esters is 1. The second kappa shape index (κ2) is 17.0. The molecule has 0 saturated carbocycles. The van der Waals surface area contributed by atoms with Gasteiger partial charge in [-0.1, -0.05) is 89.5 Å². The van der Waals surface area contributed by atoms with Gasteiger partial charge in [0, 0.05) is 12.5 Å². The van der Waals surface area contributed by atoms with Crippen LogP contribution in [-0.4, -0.2) is 17.4 Å². The number of aliphatic hydroxyl groups excluding tert-OH is 1. The van der Waals surface area contributed by atoms with E-state index in [0.717, 1.165) is 18.4 Å². The van der Waals surface area contributed by atoms with Gasteiger partial charge in [0.15, 0.2) is 0 Å². The molecule has 0 bridgehead atoms. The predicted molar refractivity (Wildman–Crippen MR) is 102 cm³/mol. The molecule has 0 heterocycles. The number of allylic oxidation sites excluding steroid dienone is 1. The summed E-state index contributed by atoms with van der Waals surface area (Å²) in [7, 11) is 0. The summed E-state index contributed by atoms with van der Waals surface area (Å²) in [5.41, 5.74) is 0.883. The highest BCUT2D eigenvalue weighted by molar-refractivity contribution is 5.82. The van der Waals surface area contributed by atoms with E-state index in [1.165, 1.54) is 76.7 Å². The first-order valence-corrected chi connectivity index (χ1v) is 10.1. The molecule has 142 valence electrons. The standard InChI is InChI=1S/C21H40O3/c1-4-5-6-7-8-9-10-11-12-13-14-15-16-17-20(22)24-21(23)18-19(2)3/h18,20,22H,4-17H2,1-3H3. The van der Waals surface area contributed by atoms with E-state index < -0.39 is 12.3 Å². The average molecular weight is 341 g/mol. The normalized spacial score (nSPS) is 12.0. The number of carbonyl (C=O) groups excluding carboxylic acids is 1. The number of unbranched alkanes of at least 4 members (excludes halogenated alkanes) is 12. The highest BCUT2D eigenvalue weighted by atomic mass is 16.6. The summed E-state index contributed by atoms with van der Waals surface area (Å²) < 4.78 is 4.91. The fourth-order valence-electron chi connectivity index (χ4n) is 2.80. The Morgan fingerprint density at radius 1 is 0.833 bits per heavy atom. The first-order valence-electron chi connectivity index (χ1n) is 10.1. The Morgan fingerprint density at radius 2 is 1.25 bits per heavy atom. The van der Waals surface area contributed by atoms with Crippen molar-refractivity contribution in [1.82, 2.24) is 0 Å². The topological polar surface area (TPSA) is 46.5 Å². The smallest absolute Gasteiger partial charge is 0.332 e. The molecule has 1 atom stereocenters. The summed E-state index contributed by atoms with van der Waals surface area (Å²) >= 11 is 0. The summed E-state index contributed by atoms with van der Waals surface area (Å²) in [5, 5.41) is 9.64. The third-order valence-corrected chi connectivity index (χ3v) is 4.21. The van der Waals surface area contributed by atoms with E-state index in [1.807, 2.05) is 13.8 Å². The Bertz CT molecular complexity index is 319. The summed E-state index contributed by atoms with van der Waals surface area (Å²) in [6.45, 7) is 5.93. The van der Waals surface area contributed by atoms with Crippen LogP contribution in [0.2, 0.25) is 0 Å². The Hall–Kier alpha value is -0.830. The van der Waals surface area contributed by atoms with Crippen molar-refractivity contribution in [3.63, 3.8) is 0 Å². The van der Waals surface area contributed by atoms with Crippen LogP contribution in [0.5, 0.6) is 0 Å². The molecule has 0 spiro atoms. The van der Waals surface area contributed by atoms with E-state index in [1.54, 1.807) is 0 Å². The molecule has 0 radical (unpaired) electrons. The maximum absolute atomic E-state index is 11.3. The Morgan fingerprint density at radius 3 is 1.67 bits per heavy atom. The van der Waals surface area contributed by atoms with Gasteiger partial charge in [-0.3, -0.25) is 0 Å². The second-order valence-corrected chi connectivity index (χ2v) is 7.14. The maximum Gasteiger partial charge on any atom is 0.332 e. The van der Waals surface area contributed by atoms with Gasteiger partial charge in [-0.05, 0) is 20.3 Å². The summed E-state index contributed by atoms with van der Waals surface area (Å²) in [6.07, 6.45) is 17.9. The zero-order valence-electron chi connectivity index (χ0n) is 16.3. The number of ether oxygens (including phenoxy) is 1. The average Bonchev–Trinajstić information content (AvgIpc) is 2.51. The number of hydrogen-bond donors (Lipinski definition) is 1. The fraction of sp³-hybridized carbons (Fsp3) is 0.857. The van der Waals surface area contributed by atoms with Crippen molar-refractivity contribution in [2.24, 2.45) is 0 Å². The molecular weight excluding hydrogens is 300 g/mol. The van der Waals surface area contributed by atoms with E-state index in [0.29, 0.717) is 6.42 Å². The highest BCUT2D eigenvalue weighted by Gasteiger charge is 2.08. The molecule has 0 rings (SSSR count). The van der Waals surface area contributed by atoms with Crippen LogP contribution in [0.3, 0.4) is 0 Å². The van der Waals surface area contributed by atoms with E-state index >= 15 is 0 Å². The number of rotatable bonds is 16. The van der Waals surface area contributed by atoms with Crippen LogP contribution in [0, 0.1) is 0 Å². The van der Waals surface area contributed by atoms with Gasteiger partial charge in [0.25, 0.3) is 0 Å². The van der Waals surface area contributed by atoms with Crippen molar-refractivity contribution in [3.05, 3.63) is 11.6 Å². The molecule has 0 aliphatic rings. The van der Waals surface area contributed by atoms with Gasteiger partial charge >= 0.3 is 5.97 Å². The third-order valence-electron chi connectivity index (χ3n) is 4.21. The lowest BCUT2D eigenvalue weighted by molar-refractivity contribution is -0.162. The SMILES string of the molecule is CCCCCCCCCCCCCCCC(O)OC(=O)C=C(C)C. The van der Waals surface area contributed by atoms with Crippen molar-refractivity contribution >= 4 is 5.97 Å². The van der Waals surface area contributed by atoms with Crippen molar-refractivity contribution in [2.45, 2.75) is 117 Å². The van der Waals surface area contributed by atoms with Crippen molar-refractivity contribution in [1.29, 1.82) is 0 Å². The monoisotopic (exact) mass is 340 g/mol. The van der Waals surface area contributed by atoms with E-state index in [2.05, 4.69) is 6.92 Å². The van der Waals surface area contributed by atoms with Gasteiger partial charge in [-0.15, -0.1) is 0 Å². The van der Waals surface area contributed by atoms with Gasteiger partial charge < -0.3 is 9.84 Å². The van der Waals surface area contributed by atoms with Gasteiger partial charge in [0.2, 0.25) is 6.29 Å². The lowest BCUT2D eigenvalue weighted by atomic mass is 10.0. The molecule has 1 N–H and O–H groups in total. The Kier molecular flexibility index (Phi) is 16.4. The lowest BCUT2D eigenvalue weighted by Crippen LogP contribution is -2.16. The second-order valence-electron chi connectivity index (χ2n) is 7.14. The zero-order chi connectivity index (χ0) is 18.0. The summed E-state index contributed by atoms with van der Waals surface area (Å²) in [4.78, 5) is 11.3. The summed E-state index contributed by atoms with van der Waals surface area (Å²) in [5.74, 6) is -0.447.